The van der Waals surface area contributed by atoms with E-state index in [0.29, 0.717) is 32.5 Å². The van der Waals surface area contributed by atoms with Gasteiger partial charge in [0, 0.05) is 6.54 Å². The molecule has 0 aromatic heterocycles. The SMILES string of the molecule is O=C(N1CCOC(c2ccccc2)C1)C1(O)CCCC1. The monoisotopic (exact) mass is 275 g/mol. The standard InChI is InChI=1S/C16H21NO3/c18-15(16(19)8-4-5-9-16)17-10-11-20-14(12-17)13-6-2-1-3-7-13/h1-3,6-7,14,19H,4-5,8-12H2. The van der Waals surface area contributed by atoms with Crippen LogP contribution in [0, 0.1) is 0 Å². The van der Waals surface area contributed by atoms with Crippen molar-refractivity contribution in [2.24, 2.45) is 0 Å². The number of ether oxygens (including phenoxy) is 1. The van der Waals surface area contributed by atoms with E-state index in [2.05, 4.69) is 0 Å². The lowest BCUT2D eigenvalue weighted by atomic mass is 9.99. The minimum absolute atomic E-state index is 0.0843. The summed E-state index contributed by atoms with van der Waals surface area (Å²) in [7, 11) is 0. The van der Waals surface area contributed by atoms with E-state index in [1.807, 2.05) is 30.3 Å². The van der Waals surface area contributed by atoms with Crippen LogP contribution in [0.4, 0.5) is 0 Å². The van der Waals surface area contributed by atoms with Gasteiger partial charge in [-0.25, -0.2) is 0 Å². The Morgan fingerprint density at radius 1 is 1.25 bits per heavy atom. The maximum atomic E-state index is 12.5. The third-order valence-corrected chi connectivity index (χ3v) is 4.35. The lowest BCUT2D eigenvalue weighted by molar-refractivity contribution is -0.158. The lowest BCUT2D eigenvalue weighted by Crippen LogP contribution is -2.51. The molecular formula is C16H21NO3. The predicted octanol–water partition coefficient (Wildman–Crippen LogP) is 1.89. The van der Waals surface area contributed by atoms with Gasteiger partial charge in [-0.3, -0.25) is 4.79 Å². The van der Waals surface area contributed by atoms with Crippen LogP contribution < -0.4 is 0 Å². The Labute approximate surface area is 119 Å². The smallest absolute Gasteiger partial charge is 0.254 e. The maximum Gasteiger partial charge on any atom is 0.254 e. The van der Waals surface area contributed by atoms with Crippen molar-refractivity contribution in [2.75, 3.05) is 19.7 Å². The molecule has 4 nitrogen and oxygen atoms in total. The minimum atomic E-state index is -1.13. The maximum absolute atomic E-state index is 12.5. The summed E-state index contributed by atoms with van der Waals surface area (Å²) in [5.41, 5.74) is -0.0399. The second-order valence-electron chi connectivity index (χ2n) is 5.76. The van der Waals surface area contributed by atoms with E-state index in [-0.39, 0.29) is 12.0 Å². The van der Waals surface area contributed by atoms with Gasteiger partial charge >= 0.3 is 0 Å². The van der Waals surface area contributed by atoms with Crippen LogP contribution in [0.15, 0.2) is 30.3 Å². The fourth-order valence-corrected chi connectivity index (χ4v) is 3.17. The molecule has 1 N–H and O–H groups in total. The molecule has 1 saturated heterocycles. The van der Waals surface area contributed by atoms with E-state index in [0.717, 1.165) is 18.4 Å². The zero-order valence-electron chi connectivity index (χ0n) is 11.6. The van der Waals surface area contributed by atoms with Gasteiger partial charge in [0.05, 0.1) is 13.2 Å². The number of benzene rings is 1. The summed E-state index contributed by atoms with van der Waals surface area (Å²) in [4.78, 5) is 14.3. The summed E-state index contributed by atoms with van der Waals surface area (Å²) in [6.45, 7) is 1.64. The summed E-state index contributed by atoms with van der Waals surface area (Å²) in [6, 6.07) is 9.95. The van der Waals surface area contributed by atoms with Crippen LogP contribution in [-0.4, -0.2) is 41.2 Å². The van der Waals surface area contributed by atoms with Gasteiger partial charge in [-0.2, -0.15) is 0 Å². The molecule has 3 rings (SSSR count). The van der Waals surface area contributed by atoms with Crippen LogP contribution in [0.25, 0.3) is 0 Å². The van der Waals surface area contributed by atoms with E-state index in [9.17, 15) is 9.90 Å². The third-order valence-electron chi connectivity index (χ3n) is 4.35. The number of nitrogens with zero attached hydrogens (tertiary/aromatic N) is 1. The quantitative estimate of drug-likeness (QED) is 0.896. The van der Waals surface area contributed by atoms with Crippen molar-refractivity contribution in [3.05, 3.63) is 35.9 Å². The molecule has 108 valence electrons. The molecule has 1 aromatic rings. The van der Waals surface area contributed by atoms with E-state index in [1.54, 1.807) is 4.90 Å². The van der Waals surface area contributed by atoms with E-state index < -0.39 is 5.60 Å². The number of aliphatic hydroxyl groups is 1. The Hall–Kier alpha value is -1.39. The number of rotatable bonds is 2. The Morgan fingerprint density at radius 2 is 1.95 bits per heavy atom. The lowest BCUT2D eigenvalue weighted by Gasteiger charge is -2.37. The van der Waals surface area contributed by atoms with Crippen LogP contribution in [0.1, 0.15) is 37.4 Å². The van der Waals surface area contributed by atoms with Gasteiger partial charge in [-0.1, -0.05) is 30.3 Å². The van der Waals surface area contributed by atoms with Crippen molar-refractivity contribution in [1.82, 2.24) is 4.90 Å². The molecule has 1 aromatic carbocycles. The minimum Gasteiger partial charge on any atom is -0.380 e. The van der Waals surface area contributed by atoms with Crippen molar-refractivity contribution >= 4 is 5.91 Å². The van der Waals surface area contributed by atoms with Crippen LogP contribution in [0.2, 0.25) is 0 Å². The average Bonchev–Trinajstić information content (AvgIpc) is 2.96. The molecule has 2 aliphatic rings. The van der Waals surface area contributed by atoms with Crippen LogP contribution in [-0.2, 0) is 9.53 Å². The highest BCUT2D eigenvalue weighted by molar-refractivity contribution is 5.85. The molecule has 1 aliphatic heterocycles. The number of carbonyl (C=O) groups excluding carboxylic acids is 1. The summed E-state index contributed by atoms with van der Waals surface area (Å²) < 4.78 is 5.76. The van der Waals surface area contributed by atoms with Gasteiger partial charge in [0.25, 0.3) is 5.91 Å². The molecule has 1 aliphatic carbocycles. The molecule has 1 unspecified atom stereocenters. The van der Waals surface area contributed by atoms with Gasteiger partial charge in [-0.15, -0.1) is 0 Å². The molecule has 2 fully saturated rings. The van der Waals surface area contributed by atoms with E-state index in [1.165, 1.54) is 0 Å². The molecular weight excluding hydrogens is 254 g/mol. The topological polar surface area (TPSA) is 49.8 Å². The summed E-state index contributed by atoms with van der Waals surface area (Å²) in [5, 5.41) is 10.4. The second-order valence-corrected chi connectivity index (χ2v) is 5.76. The second kappa shape index (κ2) is 5.54. The van der Waals surface area contributed by atoms with Crippen LogP contribution in [0.5, 0.6) is 0 Å². The Kier molecular flexibility index (Phi) is 3.76. The fourth-order valence-electron chi connectivity index (χ4n) is 3.17. The first kappa shape index (κ1) is 13.6. The normalized spacial score (nSPS) is 25.6. The first-order chi connectivity index (χ1) is 9.69. The first-order valence-electron chi connectivity index (χ1n) is 7.37. The molecule has 4 heteroatoms. The van der Waals surface area contributed by atoms with Gasteiger partial charge in [0.15, 0.2) is 0 Å². The summed E-state index contributed by atoms with van der Waals surface area (Å²) in [6.07, 6.45) is 2.99. The van der Waals surface area contributed by atoms with Gasteiger partial charge in [0.2, 0.25) is 0 Å². The summed E-state index contributed by atoms with van der Waals surface area (Å²) in [5.74, 6) is -0.112. The van der Waals surface area contributed by atoms with Crippen molar-refractivity contribution in [2.45, 2.75) is 37.4 Å². The Bertz CT molecular complexity index is 468. The predicted molar refractivity (Wildman–Crippen MR) is 75.1 cm³/mol. The Morgan fingerprint density at radius 3 is 2.65 bits per heavy atom. The van der Waals surface area contributed by atoms with Gasteiger partial charge in [0.1, 0.15) is 11.7 Å². The highest BCUT2D eigenvalue weighted by atomic mass is 16.5. The van der Waals surface area contributed by atoms with E-state index in [4.69, 9.17) is 4.74 Å². The molecule has 1 atom stereocenters. The number of amides is 1. The highest BCUT2D eigenvalue weighted by Crippen LogP contribution is 2.32. The zero-order valence-corrected chi connectivity index (χ0v) is 11.6. The molecule has 0 radical (unpaired) electrons. The van der Waals surface area contributed by atoms with Crippen molar-refractivity contribution < 1.29 is 14.6 Å². The summed E-state index contributed by atoms with van der Waals surface area (Å²) >= 11 is 0. The fraction of sp³-hybridized carbons (Fsp3) is 0.562. The molecule has 0 spiro atoms. The third kappa shape index (κ3) is 2.58. The molecule has 1 amide bonds. The molecule has 1 heterocycles. The largest absolute Gasteiger partial charge is 0.380 e. The number of hydrogen-bond donors (Lipinski definition) is 1. The Balaban J connectivity index is 1.70. The zero-order chi connectivity index (χ0) is 14.0. The van der Waals surface area contributed by atoms with Crippen molar-refractivity contribution in [3.63, 3.8) is 0 Å². The van der Waals surface area contributed by atoms with E-state index >= 15 is 0 Å². The number of carbonyl (C=O) groups is 1. The molecule has 0 bridgehead atoms. The highest BCUT2D eigenvalue weighted by Gasteiger charge is 2.42. The van der Waals surface area contributed by atoms with Gasteiger partial charge < -0.3 is 14.7 Å². The van der Waals surface area contributed by atoms with Crippen LogP contribution in [0.3, 0.4) is 0 Å². The average molecular weight is 275 g/mol. The molecule has 1 saturated carbocycles. The van der Waals surface area contributed by atoms with Crippen molar-refractivity contribution in [3.8, 4) is 0 Å². The van der Waals surface area contributed by atoms with Crippen molar-refractivity contribution in [1.29, 1.82) is 0 Å². The van der Waals surface area contributed by atoms with Gasteiger partial charge in [-0.05, 0) is 31.2 Å². The first-order valence-corrected chi connectivity index (χ1v) is 7.37. The molecule has 20 heavy (non-hydrogen) atoms. The van der Waals surface area contributed by atoms with Crippen LogP contribution >= 0.6 is 0 Å². The number of morpholine rings is 1. The number of hydrogen-bond acceptors (Lipinski definition) is 3.